The Balaban J connectivity index is 1.63. The number of aliphatic hydroxyl groups is 1. The summed E-state index contributed by atoms with van der Waals surface area (Å²) in [6.07, 6.45) is 4.45. The van der Waals surface area contributed by atoms with Gasteiger partial charge in [-0.05, 0) is 55.4 Å². The average molecular weight is 356 g/mol. The molecule has 118 valence electrons. The van der Waals surface area contributed by atoms with Crippen molar-refractivity contribution < 1.29 is 9.84 Å². The van der Waals surface area contributed by atoms with Crippen molar-refractivity contribution in [2.24, 2.45) is 5.41 Å². The largest absolute Gasteiger partial charge is 0.491 e. The number of hydrogen-bond acceptors (Lipinski definition) is 3. The van der Waals surface area contributed by atoms with Crippen molar-refractivity contribution in [3.05, 3.63) is 28.7 Å². The first kappa shape index (κ1) is 16.8. The second kappa shape index (κ2) is 7.61. The SMILES string of the molecule is CC1(C)CCC(NCC(O)COc2ccc(Br)cc2)CC1. The molecule has 2 N–H and O–H groups in total. The summed E-state index contributed by atoms with van der Waals surface area (Å²) in [5, 5.41) is 13.5. The Morgan fingerprint density at radius 2 is 1.90 bits per heavy atom. The Morgan fingerprint density at radius 1 is 1.29 bits per heavy atom. The fourth-order valence-electron chi connectivity index (χ4n) is 2.69. The first-order chi connectivity index (χ1) is 9.94. The maximum Gasteiger partial charge on any atom is 0.119 e. The lowest BCUT2D eigenvalue weighted by Gasteiger charge is -2.35. The number of aliphatic hydroxyl groups excluding tert-OH is 1. The molecule has 0 aliphatic heterocycles. The van der Waals surface area contributed by atoms with Crippen LogP contribution >= 0.6 is 15.9 Å². The van der Waals surface area contributed by atoms with E-state index in [0.717, 1.165) is 10.2 Å². The van der Waals surface area contributed by atoms with Gasteiger partial charge in [0, 0.05) is 17.1 Å². The molecule has 0 saturated heterocycles. The van der Waals surface area contributed by atoms with Gasteiger partial charge in [0.1, 0.15) is 18.5 Å². The van der Waals surface area contributed by atoms with E-state index in [1.165, 1.54) is 25.7 Å². The Kier molecular flexibility index (Phi) is 6.08. The van der Waals surface area contributed by atoms with Crippen LogP contribution in [0.3, 0.4) is 0 Å². The van der Waals surface area contributed by atoms with Gasteiger partial charge in [0.05, 0.1) is 0 Å². The van der Waals surface area contributed by atoms with Gasteiger partial charge in [-0.2, -0.15) is 0 Å². The smallest absolute Gasteiger partial charge is 0.119 e. The summed E-state index contributed by atoms with van der Waals surface area (Å²) in [7, 11) is 0. The second-order valence-electron chi connectivity index (χ2n) is 6.77. The zero-order valence-corrected chi connectivity index (χ0v) is 14.5. The standard InChI is InChI=1S/C17H26BrNO2/c1-17(2)9-7-14(8-10-17)19-11-15(20)12-21-16-5-3-13(18)4-6-16/h3-6,14-15,19-20H,7-12H2,1-2H3. The summed E-state index contributed by atoms with van der Waals surface area (Å²) in [6.45, 7) is 5.60. The van der Waals surface area contributed by atoms with Gasteiger partial charge in [0.2, 0.25) is 0 Å². The van der Waals surface area contributed by atoms with E-state index in [9.17, 15) is 5.11 Å². The van der Waals surface area contributed by atoms with Crippen LogP contribution in [0, 0.1) is 5.41 Å². The van der Waals surface area contributed by atoms with Crippen molar-refractivity contribution in [1.82, 2.24) is 5.32 Å². The number of ether oxygens (including phenoxy) is 1. The van der Waals surface area contributed by atoms with Crippen LogP contribution in [0.25, 0.3) is 0 Å². The highest BCUT2D eigenvalue weighted by Gasteiger charge is 2.26. The molecule has 3 nitrogen and oxygen atoms in total. The number of benzene rings is 1. The Hall–Kier alpha value is -0.580. The van der Waals surface area contributed by atoms with E-state index in [1.807, 2.05) is 24.3 Å². The number of hydrogen-bond donors (Lipinski definition) is 2. The minimum absolute atomic E-state index is 0.326. The lowest BCUT2D eigenvalue weighted by Crippen LogP contribution is -2.41. The van der Waals surface area contributed by atoms with Crippen LogP contribution < -0.4 is 10.1 Å². The van der Waals surface area contributed by atoms with Crippen LogP contribution in [0.5, 0.6) is 5.75 Å². The first-order valence-electron chi connectivity index (χ1n) is 7.74. The zero-order chi connectivity index (χ0) is 15.3. The summed E-state index contributed by atoms with van der Waals surface area (Å²) < 4.78 is 6.61. The van der Waals surface area contributed by atoms with Crippen LogP contribution in [0.1, 0.15) is 39.5 Å². The minimum atomic E-state index is -0.469. The molecule has 1 aliphatic rings. The highest BCUT2D eigenvalue weighted by Crippen LogP contribution is 2.34. The molecule has 1 aromatic rings. The van der Waals surface area contributed by atoms with Gasteiger partial charge in [-0.3, -0.25) is 0 Å². The monoisotopic (exact) mass is 355 g/mol. The number of nitrogens with one attached hydrogen (secondary N) is 1. The third-order valence-corrected chi connectivity index (χ3v) is 4.77. The molecule has 2 rings (SSSR count). The van der Waals surface area contributed by atoms with Crippen LogP contribution in [0.2, 0.25) is 0 Å². The molecule has 0 amide bonds. The van der Waals surface area contributed by atoms with Crippen LogP contribution in [-0.2, 0) is 0 Å². The summed E-state index contributed by atoms with van der Waals surface area (Å²) in [5.41, 5.74) is 0.488. The van der Waals surface area contributed by atoms with Crippen molar-refractivity contribution >= 4 is 15.9 Å². The maximum absolute atomic E-state index is 10.0. The molecule has 1 saturated carbocycles. The summed E-state index contributed by atoms with van der Waals surface area (Å²) >= 11 is 3.39. The molecule has 0 spiro atoms. The fraction of sp³-hybridized carbons (Fsp3) is 0.647. The van der Waals surface area contributed by atoms with Crippen LogP contribution in [-0.4, -0.2) is 30.4 Å². The highest BCUT2D eigenvalue weighted by molar-refractivity contribution is 9.10. The second-order valence-corrected chi connectivity index (χ2v) is 7.68. The van der Waals surface area contributed by atoms with Gasteiger partial charge >= 0.3 is 0 Å². The van der Waals surface area contributed by atoms with E-state index in [0.29, 0.717) is 24.6 Å². The summed E-state index contributed by atoms with van der Waals surface area (Å²) in [6, 6.07) is 8.20. The average Bonchev–Trinajstić information content (AvgIpc) is 2.45. The van der Waals surface area contributed by atoms with Crippen LogP contribution in [0.15, 0.2) is 28.7 Å². The first-order valence-corrected chi connectivity index (χ1v) is 8.54. The molecular formula is C17H26BrNO2. The predicted molar refractivity (Wildman–Crippen MR) is 89.7 cm³/mol. The van der Waals surface area contributed by atoms with Crippen molar-refractivity contribution in [2.75, 3.05) is 13.2 Å². The quantitative estimate of drug-likeness (QED) is 0.816. The maximum atomic E-state index is 10.0. The van der Waals surface area contributed by atoms with Crippen molar-refractivity contribution in [3.8, 4) is 5.75 Å². The molecule has 1 unspecified atom stereocenters. The molecule has 0 heterocycles. The Labute approximate surface area is 136 Å². The Morgan fingerprint density at radius 3 is 2.52 bits per heavy atom. The third kappa shape index (κ3) is 5.97. The number of rotatable bonds is 6. The molecule has 0 aromatic heterocycles. The fourth-order valence-corrected chi connectivity index (χ4v) is 2.95. The van der Waals surface area contributed by atoms with Gasteiger partial charge in [0.15, 0.2) is 0 Å². The molecule has 1 fully saturated rings. The molecule has 0 bridgehead atoms. The molecule has 21 heavy (non-hydrogen) atoms. The van der Waals surface area contributed by atoms with E-state index >= 15 is 0 Å². The van der Waals surface area contributed by atoms with Crippen molar-refractivity contribution in [1.29, 1.82) is 0 Å². The van der Waals surface area contributed by atoms with E-state index in [1.54, 1.807) is 0 Å². The Bertz CT molecular complexity index is 423. The lowest BCUT2D eigenvalue weighted by molar-refractivity contribution is 0.0982. The predicted octanol–water partition coefficient (Wildman–Crippen LogP) is 3.75. The van der Waals surface area contributed by atoms with E-state index in [4.69, 9.17) is 4.74 Å². The third-order valence-electron chi connectivity index (χ3n) is 4.24. The van der Waals surface area contributed by atoms with Gasteiger partial charge in [-0.25, -0.2) is 0 Å². The number of halogens is 1. The van der Waals surface area contributed by atoms with E-state index in [-0.39, 0.29) is 0 Å². The molecular weight excluding hydrogens is 330 g/mol. The highest BCUT2D eigenvalue weighted by atomic mass is 79.9. The van der Waals surface area contributed by atoms with Crippen molar-refractivity contribution in [3.63, 3.8) is 0 Å². The zero-order valence-electron chi connectivity index (χ0n) is 12.9. The van der Waals surface area contributed by atoms with Gasteiger partial charge < -0.3 is 15.2 Å². The minimum Gasteiger partial charge on any atom is -0.491 e. The summed E-state index contributed by atoms with van der Waals surface area (Å²) in [4.78, 5) is 0. The van der Waals surface area contributed by atoms with Gasteiger partial charge in [-0.1, -0.05) is 29.8 Å². The summed E-state index contributed by atoms with van der Waals surface area (Å²) in [5.74, 6) is 0.789. The molecule has 4 heteroatoms. The lowest BCUT2D eigenvalue weighted by atomic mass is 9.75. The van der Waals surface area contributed by atoms with E-state index < -0.39 is 6.10 Å². The molecule has 1 aromatic carbocycles. The van der Waals surface area contributed by atoms with Crippen molar-refractivity contribution in [2.45, 2.75) is 51.7 Å². The van der Waals surface area contributed by atoms with Gasteiger partial charge in [-0.15, -0.1) is 0 Å². The topological polar surface area (TPSA) is 41.5 Å². The molecule has 1 aliphatic carbocycles. The van der Waals surface area contributed by atoms with Gasteiger partial charge in [0.25, 0.3) is 0 Å². The molecule has 1 atom stereocenters. The van der Waals surface area contributed by atoms with Crippen LogP contribution in [0.4, 0.5) is 0 Å². The van der Waals surface area contributed by atoms with E-state index in [2.05, 4.69) is 35.1 Å². The normalized spacial score (nSPS) is 20.2. The molecule has 0 radical (unpaired) electrons.